The highest BCUT2D eigenvalue weighted by atomic mass is 16.2. The third-order valence-electron chi connectivity index (χ3n) is 3.83. The van der Waals surface area contributed by atoms with Gasteiger partial charge >= 0.3 is 0 Å². The van der Waals surface area contributed by atoms with Crippen LogP contribution in [-0.2, 0) is 16.0 Å². The van der Waals surface area contributed by atoms with Crippen LogP contribution in [0, 0.1) is 5.92 Å². The van der Waals surface area contributed by atoms with Gasteiger partial charge < -0.3 is 15.5 Å². The monoisotopic (exact) mass is 290 g/mol. The van der Waals surface area contributed by atoms with Gasteiger partial charge in [-0.1, -0.05) is 6.07 Å². The van der Waals surface area contributed by atoms with Crippen molar-refractivity contribution in [3.8, 4) is 0 Å². The molecule has 0 saturated carbocycles. The molecule has 1 aromatic rings. The topological polar surface area (TPSA) is 79.5 Å². The normalized spacial score (nSPS) is 20.0. The van der Waals surface area contributed by atoms with E-state index in [1.807, 2.05) is 24.1 Å². The number of primary amides is 1. The molecular formula is C15H22N4O2. The van der Waals surface area contributed by atoms with Gasteiger partial charge in [-0.05, 0) is 25.1 Å². The molecule has 0 bridgehead atoms. The number of nitrogens with zero attached hydrogens (tertiary/aromatic N) is 3. The maximum absolute atomic E-state index is 12.3. The SMILES string of the molecule is CN1CCN(C(=O)CCc2cccnc2)C[C@H](C(N)=O)C1. The first-order valence-corrected chi connectivity index (χ1v) is 7.21. The summed E-state index contributed by atoms with van der Waals surface area (Å²) in [5.74, 6) is -0.561. The number of aromatic nitrogens is 1. The van der Waals surface area contributed by atoms with Crippen molar-refractivity contribution in [2.24, 2.45) is 11.7 Å². The van der Waals surface area contributed by atoms with E-state index < -0.39 is 0 Å². The maximum Gasteiger partial charge on any atom is 0.223 e. The predicted molar refractivity (Wildman–Crippen MR) is 79.3 cm³/mol. The van der Waals surface area contributed by atoms with Crippen molar-refractivity contribution in [1.29, 1.82) is 0 Å². The number of aryl methyl sites for hydroxylation is 1. The van der Waals surface area contributed by atoms with Crippen LogP contribution in [0.1, 0.15) is 12.0 Å². The molecule has 1 aromatic heterocycles. The van der Waals surface area contributed by atoms with Crippen molar-refractivity contribution in [2.75, 3.05) is 33.2 Å². The number of hydrogen-bond acceptors (Lipinski definition) is 4. The second-order valence-corrected chi connectivity index (χ2v) is 5.56. The Kier molecular flexibility index (Phi) is 5.27. The van der Waals surface area contributed by atoms with Crippen molar-refractivity contribution in [1.82, 2.24) is 14.8 Å². The molecule has 0 unspecified atom stereocenters. The largest absolute Gasteiger partial charge is 0.369 e. The summed E-state index contributed by atoms with van der Waals surface area (Å²) in [5, 5.41) is 0. The molecule has 2 N–H and O–H groups in total. The predicted octanol–water partition coefficient (Wildman–Crippen LogP) is -0.110. The van der Waals surface area contributed by atoms with Gasteiger partial charge in [-0.3, -0.25) is 14.6 Å². The zero-order valence-electron chi connectivity index (χ0n) is 12.4. The molecule has 0 radical (unpaired) electrons. The van der Waals surface area contributed by atoms with Gasteiger partial charge in [0.05, 0.1) is 5.92 Å². The summed E-state index contributed by atoms with van der Waals surface area (Å²) in [7, 11) is 1.94. The number of carbonyl (C=O) groups excluding carboxylic acids is 2. The third kappa shape index (κ3) is 4.53. The van der Waals surface area contributed by atoms with Gasteiger partial charge in [0.1, 0.15) is 0 Å². The molecule has 1 fully saturated rings. The molecule has 1 aliphatic rings. The quantitative estimate of drug-likeness (QED) is 0.839. The van der Waals surface area contributed by atoms with Crippen LogP contribution in [0.5, 0.6) is 0 Å². The number of carbonyl (C=O) groups is 2. The van der Waals surface area contributed by atoms with E-state index in [0.29, 0.717) is 32.5 Å². The van der Waals surface area contributed by atoms with Crippen LogP contribution in [0.25, 0.3) is 0 Å². The Balaban J connectivity index is 1.92. The first kappa shape index (κ1) is 15.4. The average molecular weight is 290 g/mol. The van der Waals surface area contributed by atoms with Gasteiger partial charge in [0.2, 0.25) is 11.8 Å². The lowest BCUT2D eigenvalue weighted by Crippen LogP contribution is -2.40. The van der Waals surface area contributed by atoms with Crippen LogP contribution in [-0.4, -0.2) is 59.8 Å². The Labute approximate surface area is 124 Å². The van der Waals surface area contributed by atoms with Crippen molar-refractivity contribution >= 4 is 11.8 Å². The number of rotatable bonds is 4. The summed E-state index contributed by atoms with van der Waals surface area (Å²) in [6.45, 7) is 2.45. The summed E-state index contributed by atoms with van der Waals surface area (Å²) in [4.78, 5) is 31.6. The Hall–Kier alpha value is -1.95. The molecule has 1 aliphatic heterocycles. The van der Waals surface area contributed by atoms with E-state index >= 15 is 0 Å². The first-order chi connectivity index (χ1) is 10.1. The van der Waals surface area contributed by atoms with Crippen molar-refractivity contribution in [2.45, 2.75) is 12.8 Å². The Morgan fingerprint density at radius 2 is 2.19 bits per heavy atom. The molecule has 1 saturated heterocycles. The molecular weight excluding hydrogens is 268 g/mol. The number of pyridine rings is 1. The van der Waals surface area contributed by atoms with Crippen LogP contribution in [0.4, 0.5) is 0 Å². The summed E-state index contributed by atoms with van der Waals surface area (Å²) in [5.41, 5.74) is 6.46. The van der Waals surface area contributed by atoms with Crippen molar-refractivity contribution < 1.29 is 9.59 Å². The third-order valence-corrected chi connectivity index (χ3v) is 3.83. The fraction of sp³-hybridized carbons (Fsp3) is 0.533. The van der Waals surface area contributed by atoms with Crippen molar-refractivity contribution in [3.05, 3.63) is 30.1 Å². The van der Waals surface area contributed by atoms with E-state index in [2.05, 4.69) is 4.98 Å². The summed E-state index contributed by atoms with van der Waals surface area (Å²) in [6.07, 6.45) is 4.59. The lowest BCUT2D eigenvalue weighted by atomic mass is 10.1. The van der Waals surface area contributed by atoms with Crippen LogP contribution < -0.4 is 5.73 Å². The fourth-order valence-electron chi connectivity index (χ4n) is 2.54. The molecule has 6 nitrogen and oxygen atoms in total. The molecule has 114 valence electrons. The van der Waals surface area contributed by atoms with Crippen LogP contribution in [0.2, 0.25) is 0 Å². The molecule has 0 aromatic carbocycles. The molecule has 0 aliphatic carbocycles. The minimum atomic E-state index is -0.339. The average Bonchev–Trinajstić information content (AvgIpc) is 2.68. The van der Waals surface area contributed by atoms with Gasteiger partial charge in [0, 0.05) is 45.0 Å². The Bertz CT molecular complexity index is 492. The highest BCUT2D eigenvalue weighted by Gasteiger charge is 2.27. The highest BCUT2D eigenvalue weighted by Crippen LogP contribution is 2.11. The maximum atomic E-state index is 12.3. The van der Waals surface area contributed by atoms with Gasteiger partial charge in [-0.15, -0.1) is 0 Å². The Morgan fingerprint density at radius 1 is 1.38 bits per heavy atom. The van der Waals surface area contributed by atoms with E-state index in [1.54, 1.807) is 17.3 Å². The first-order valence-electron chi connectivity index (χ1n) is 7.21. The summed E-state index contributed by atoms with van der Waals surface area (Å²) >= 11 is 0. The Morgan fingerprint density at radius 3 is 2.86 bits per heavy atom. The molecule has 1 atom stereocenters. The smallest absolute Gasteiger partial charge is 0.223 e. The number of hydrogen-bond donors (Lipinski definition) is 1. The second kappa shape index (κ2) is 7.17. The minimum absolute atomic E-state index is 0.0698. The van der Waals surface area contributed by atoms with Gasteiger partial charge in [-0.2, -0.15) is 0 Å². The van der Waals surface area contributed by atoms with Gasteiger partial charge in [0.25, 0.3) is 0 Å². The number of likely N-dealkylation sites (N-methyl/N-ethyl adjacent to an activating group) is 1. The minimum Gasteiger partial charge on any atom is -0.369 e. The molecule has 21 heavy (non-hydrogen) atoms. The van der Waals surface area contributed by atoms with Gasteiger partial charge in [0.15, 0.2) is 0 Å². The molecule has 6 heteroatoms. The number of amides is 2. The van der Waals surface area contributed by atoms with E-state index in [0.717, 1.165) is 12.1 Å². The van der Waals surface area contributed by atoms with Crippen molar-refractivity contribution in [3.63, 3.8) is 0 Å². The highest BCUT2D eigenvalue weighted by molar-refractivity contribution is 5.80. The zero-order chi connectivity index (χ0) is 15.2. The van der Waals surface area contributed by atoms with Crippen LogP contribution >= 0.6 is 0 Å². The summed E-state index contributed by atoms with van der Waals surface area (Å²) < 4.78 is 0. The van der Waals surface area contributed by atoms with E-state index in [9.17, 15) is 9.59 Å². The lowest BCUT2D eigenvalue weighted by Gasteiger charge is -2.22. The molecule has 2 amide bonds. The van der Waals surface area contributed by atoms with Gasteiger partial charge in [-0.25, -0.2) is 0 Å². The van der Waals surface area contributed by atoms with E-state index in [-0.39, 0.29) is 17.7 Å². The molecule has 2 heterocycles. The molecule has 0 spiro atoms. The second-order valence-electron chi connectivity index (χ2n) is 5.56. The molecule has 2 rings (SSSR count). The van der Waals surface area contributed by atoms with Crippen LogP contribution in [0.3, 0.4) is 0 Å². The zero-order valence-corrected chi connectivity index (χ0v) is 12.4. The number of nitrogens with two attached hydrogens (primary N) is 1. The lowest BCUT2D eigenvalue weighted by molar-refractivity contribution is -0.132. The van der Waals surface area contributed by atoms with Crippen LogP contribution in [0.15, 0.2) is 24.5 Å². The standard InChI is InChI=1S/C15H22N4O2/c1-18-7-8-19(11-13(10-18)15(16)21)14(20)5-4-12-3-2-6-17-9-12/h2-3,6,9,13H,4-5,7-8,10-11H2,1H3,(H2,16,21)/t13-/m1/s1. The summed E-state index contributed by atoms with van der Waals surface area (Å²) in [6, 6.07) is 3.83. The fourth-order valence-corrected chi connectivity index (χ4v) is 2.54. The van der Waals surface area contributed by atoms with E-state index in [1.165, 1.54) is 0 Å². The van der Waals surface area contributed by atoms with E-state index in [4.69, 9.17) is 5.73 Å².